The Morgan fingerprint density at radius 1 is 1.05 bits per heavy atom. The predicted molar refractivity (Wildman–Crippen MR) is 78.8 cm³/mol. The molecule has 0 radical (unpaired) electrons. The van der Waals surface area contributed by atoms with E-state index in [4.69, 9.17) is 16.3 Å². The second-order valence-corrected chi connectivity index (χ2v) is 4.55. The number of nitrogens with zero attached hydrogens (tertiary/aromatic N) is 2. The molecule has 20 heavy (non-hydrogen) atoms. The predicted octanol–water partition coefficient (Wildman–Crippen LogP) is 2.93. The summed E-state index contributed by atoms with van der Waals surface area (Å²) in [5.74, 6) is 0. The van der Waals surface area contributed by atoms with Crippen LogP contribution in [0.1, 0.15) is 22.3 Å². The standard InChI is InChI=1S/C16H14N4/c1-11-2-4-12(5-3-11)10-20-16-7-14(9-18)13(8-17)6-15(16)19/h2-7,20H,10,19H2,1H3. The number of nitrogen functional groups attached to an aromatic ring is 1. The van der Waals surface area contributed by atoms with Crippen LogP contribution in [0.15, 0.2) is 36.4 Å². The third kappa shape index (κ3) is 2.88. The molecule has 0 aliphatic heterocycles. The smallest absolute Gasteiger partial charge is 0.101 e. The van der Waals surface area contributed by atoms with E-state index in [1.54, 1.807) is 6.07 Å². The minimum Gasteiger partial charge on any atom is -0.397 e. The summed E-state index contributed by atoms with van der Waals surface area (Å²) < 4.78 is 0. The topological polar surface area (TPSA) is 85.6 Å². The Kier molecular flexibility index (Phi) is 3.88. The summed E-state index contributed by atoms with van der Waals surface area (Å²) >= 11 is 0. The summed E-state index contributed by atoms with van der Waals surface area (Å²) in [5, 5.41) is 21.1. The Morgan fingerprint density at radius 2 is 1.65 bits per heavy atom. The number of anilines is 2. The highest BCUT2D eigenvalue weighted by Crippen LogP contribution is 2.23. The fraction of sp³-hybridized carbons (Fsp3) is 0.125. The van der Waals surface area contributed by atoms with Gasteiger partial charge in [0.25, 0.3) is 0 Å². The van der Waals surface area contributed by atoms with Crippen molar-refractivity contribution in [2.45, 2.75) is 13.5 Å². The molecule has 4 heteroatoms. The number of aryl methyl sites for hydroxylation is 1. The SMILES string of the molecule is Cc1ccc(CNc2cc(C#N)c(C#N)cc2N)cc1. The van der Waals surface area contributed by atoms with Crippen molar-refractivity contribution in [3.63, 3.8) is 0 Å². The molecule has 0 amide bonds. The summed E-state index contributed by atoms with van der Waals surface area (Å²) in [6.45, 7) is 2.65. The van der Waals surface area contributed by atoms with Crippen LogP contribution in [0.2, 0.25) is 0 Å². The van der Waals surface area contributed by atoms with Crippen LogP contribution in [0.3, 0.4) is 0 Å². The van der Waals surface area contributed by atoms with Crippen LogP contribution in [0.5, 0.6) is 0 Å². The Balaban J connectivity index is 2.20. The van der Waals surface area contributed by atoms with Gasteiger partial charge in [-0.2, -0.15) is 10.5 Å². The first-order valence-corrected chi connectivity index (χ1v) is 6.17. The second-order valence-electron chi connectivity index (χ2n) is 4.55. The van der Waals surface area contributed by atoms with Gasteiger partial charge in [0.15, 0.2) is 0 Å². The average Bonchev–Trinajstić information content (AvgIpc) is 2.47. The van der Waals surface area contributed by atoms with Crippen LogP contribution >= 0.6 is 0 Å². The van der Waals surface area contributed by atoms with Gasteiger partial charge in [-0.1, -0.05) is 29.8 Å². The molecule has 0 unspecified atom stereocenters. The Hall–Kier alpha value is -2.98. The zero-order chi connectivity index (χ0) is 14.5. The molecule has 0 heterocycles. The van der Waals surface area contributed by atoms with Crippen molar-refractivity contribution in [3.8, 4) is 12.1 Å². The van der Waals surface area contributed by atoms with E-state index in [0.29, 0.717) is 29.0 Å². The fourth-order valence-electron chi connectivity index (χ4n) is 1.86. The van der Waals surface area contributed by atoms with Crippen LogP contribution in [-0.4, -0.2) is 0 Å². The van der Waals surface area contributed by atoms with E-state index in [9.17, 15) is 0 Å². The van der Waals surface area contributed by atoms with Crippen LogP contribution in [0, 0.1) is 29.6 Å². The van der Waals surface area contributed by atoms with Gasteiger partial charge in [0, 0.05) is 6.54 Å². The lowest BCUT2D eigenvalue weighted by Crippen LogP contribution is -2.04. The molecule has 4 nitrogen and oxygen atoms in total. The normalized spacial score (nSPS) is 9.55. The van der Waals surface area contributed by atoms with E-state index in [-0.39, 0.29) is 0 Å². The first-order chi connectivity index (χ1) is 9.63. The molecular weight excluding hydrogens is 248 g/mol. The molecule has 0 saturated carbocycles. The van der Waals surface area contributed by atoms with Crippen molar-refractivity contribution in [1.82, 2.24) is 0 Å². The molecule has 2 aromatic carbocycles. The quantitative estimate of drug-likeness (QED) is 0.833. The molecule has 0 saturated heterocycles. The van der Waals surface area contributed by atoms with Gasteiger partial charge in [-0.05, 0) is 24.6 Å². The molecule has 0 atom stereocenters. The van der Waals surface area contributed by atoms with E-state index >= 15 is 0 Å². The van der Waals surface area contributed by atoms with Gasteiger partial charge >= 0.3 is 0 Å². The van der Waals surface area contributed by atoms with Crippen molar-refractivity contribution in [3.05, 3.63) is 58.7 Å². The molecular formula is C16H14N4. The Bertz CT molecular complexity index is 703. The lowest BCUT2D eigenvalue weighted by atomic mass is 10.1. The van der Waals surface area contributed by atoms with Crippen molar-refractivity contribution in [1.29, 1.82) is 10.5 Å². The van der Waals surface area contributed by atoms with E-state index < -0.39 is 0 Å². The molecule has 98 valence electrons. The summed E-state index contributed by atoms with van der Waals surface area (Å²) in [5.41, 5.74) is 9.97. The number of hydrogen-bond donors (Lipinski definition) is 2. The zero-order valence-corrected chi connectivity index (χ0v) is 11.1. The maximum atomic E-state index is 9.01. The van der Waals surface area contributed by atoms with Gasteiger partial charge in [0.05, 0.1) is 22.5 Å². The van der Waals surface area contributed by atoms with E-state index in [0.717, 1.165) is 5.56 Å². The van der Waals surface area contributed by atoms with E-state index in [2.05, 4.69) is 5.32 Å². The van der Waals surface area contributed by atoms with Crippen LogP contribution in [0.25, 0.3) is 0 Å². The number of rotatable bonds is 3. The van der Waals surface area contributed by atoms with Crippen LogP contribution < -0.4 is 11.1 Å². The molecule has 0 aliphatic carbocycles. The second kappa shape index (κ2) is 5.77. The van der Waals surface area contributed by atoms with Gasteiger partial charge in [0.2, 0.25) is 0 Å². The van der Waals surface area contributed by atoms with Gasteiger partial charge in [-0.15, -0.1) is 0 Å². The van der Waals surface area contributed by atoms with Crippen molar-refractivity contribution < 1.29 is 0 Å². The minimum atomic E-state index is 0.297. The lowest BCUT2D eigenvalue weighted by Gasteiger charge is -2.10. The highest BCUT2D eigenvalue weighted by Gasteiger charge is 2.07. The summed E-state index contributed by atoms with van der Waals surface area (Å²) in [6.07, 6.45) is 0. The average molecular weight is 262 g/mol. The molecule has 0 fully saturated rings. The molecule has 2 aromatic rings. The van der Waals surface area contributed by atoms with E-state index in [1.165, 1.54) is 11.6 Å². The molecule has 0 spiro atoms. The molecule has 0 aromatic heterocycles. The maximum absolute atomic E-state index is 9.01. The largest absolute Gasteiger partial charge is 0.397 e. The van der Waals surface area contributed by atoms with Gasteiger partial charge in [-0.3, -0.25) is 0 Å². The van der Waals surface area contributed by atoms with Crippen LogP contribution in [-0.2, 0) is 6.54 Å². The van der Waals surface area contributed by atoms with Crippen molar-refractivity contribution in [2.75, 3.05) is 11.1 Å². The Labute approximate surface area is 118 Å². The number of nitrogens with two attached hydrogens (primary N) is 1. The monoisotopic (exact) mass is 262 g/mol. The molecule has 3 N–H and O–H groups in total. The van der Waals surface area contributed by atoms with Gasteiger partial charge in [0.1, 0.15) is 12.1 Å². The fourth-order valence-corrected chi connectivity index (χ4v) is 1.86. The first-order valence-electron chi connectivity index (χ1n) is 6.17. The zero-order valence-electron chi connectivity index (χ0n) is 11.1. The lowest BCUT2D eigenvalue weighted by molar-refractivity contribution is 1.14. The summed E-state index contributed by atoms with van der Waals surface area (Å²) in [7, 11) is 0. The van der Waals surface area contributed by atoms with Gasteiger partial charge < -0.3 is 11.1 Å². The van der Waals surface area contributed by atoms with Gasteiger partial charge in [-0.25, -0.2) is 0 Å². The van der Waals surface area contributed by atoms with Crippen LogP contribution in [0.4, 0.5) is 11.4 Å². The number of nitrogens with one attached hydrogen (secondary N) is 1. The first kappa shape index (κ1) is 13.5. The molecule has 0 bridgehead atoms. The van der Waals surface area contributed by atoms with Crippen molar-refractivity contribution >= 4 is 11.4 Å². The molecule has 2 rings (SSSR count). The summed E-state index contributed by atoms with van der Waals surface area (Å²) in [6, 6.07) is 15.3. The molecule has 0 aliphatic rings. The third-order valence-corrected chi connectivity index (χ3v) is 3.03. The third-order valence-electron chi connectivity index (χ3n) is 3.03. The number of benzene rings is 2. The number of hydrogen-bond acceptors (Lipinski definition) is 4. The van der Waals surface area contributed by atoms with Crippen molar-refractivity contribution in [2.24, 2.45) is 0 Å². The highest BCUT2D eigenvalue weighted by atomic mass is 14.9. The minimum absolute atomic E-state index is 0.297. The Morgan fingerprint density at radius 3 is 2.25 bits per heavy atom. The van der Waals surface area contributed by atoms with E-state index in [1.807, 2.05) is 43.3 Å². The maximum Gasteiger partial charge on any atom is 0.101 e. The summed E-state index contributed by atoms with van der Waals surface area (Å²) in [4.78, 5) is 0. The highest BCUT2D eigenvalue weighted by molar-refractivity contribution is 5.72. The number of nitriles is 2.